The van der Waals surface area contributed by atoms with Crippen molar-refractivity contribution in [2.45, 2.75) is 58.4 Å². The molecule has 1 aliphatic rings. The first-order valence-electron chi connectivity index (χ1n) is 7.47. The van der Waals surface area contributed by atoms with E-state index in [4.69, 9.17) is 0 Å². The lowest BCUT2D eigenvalue weighted by molar-refractivity contribution is 0.198. The largest absolute Gasteiger partial charge is 0.508 e. The number of benzene rings is 1. The van der Waals surface area contributed by atoms with E-state index in [1.165, 1.54) is 19.3 Å². The van der Waals surface area contributed by atoms with Crippen LogP contribution >= 0.6 is 0 Å². The fourth-order valence-corrected chi connectivity index (χ4v) is 3.40. The smallest absolute Gasteiger partial charge is 0.120 e. The van der Waals surface area contributed by atoms with Crippen molar-refractivity contribution < 1.29 is 5.11 Å². The molecule has 1 fully saturated rings. The third-order valence-corrected chi connectivity index (χ3v) is 4.00. The molecule has 19 heavy (non-hydrogen) atoms. The van der Waals surface area contributed by atoms with Crippen molar-refractivity contribution in [2.24, 2.45) is 5.41 Å². The van der Waals surface area contributed by atoms with Crippen LogP contribution in [-0.2, 0) is 5.54 Å². The molecular weight excluding hydrogens is 234 g/mol. The van der Waals surface area contributed by atoms with Crippen LogP contribution < -0.4 is 5.32 Å². The molecule has 2 rings (SSSR count). The molecule has 0 spiro atoms. The summed E-state index contributed by atoms with van der Waals surface area (Å²) in [6.45, 7) is 7.88. The molecule has 1 saturated heterocycles. The van der Waals surface area contributed by atoms with E-state index in [1.807, 2.05) is 18.2 Å². The summed E-state index contributed by atoms with van der Waals surface area (Å²) in [7, 11) is 0. The molecular formula is C17H27NO. The highest BCUT2D eigenvalue weighted by Gasteiger charge is 2.37. The zero-order valence-electron chi connectivity index (χ0n) is 12.5. The monoisotopic (exact) mass is 261 g/mol. The molecule has 0 aromatic heterocycles. The summed E-state index contributed by atoms with van der Waals surface area (Å²) in [5, 5.41) is 14.0. The van der Waals surface area contributed by atoms with Crippen molar-refractivity contribution >= 4 is 0 Å². The Morgan fingerprint density at radius 3 is 2.58 bits per heavy atom. The Morgan fingerprint density at radius 2 is 1.89 bits per heavy atom. The van der Waals surface area contributed by atoms with Gasteiger partial charge in [0.15, 0.2) is 0 Å². The van der Waals surface area contributed by atoms with Gasteiger partial charge in [-0.3, -0.25) is 0 Å². The van der Waals surface area contributed by atoms with E-state index in [2.05, 4.69) is 32.2 Å². The third-order valence-electron chi connectivity index (χ3n) is 4.00. The van der Waals surface area contributed by atoms with Crippen molar-refractivity contribution in [3.05, 3.63) is 29.8 Å². The Labute approximate surface area is 117 Å². The highest BCUT2D eigenvalue weighted by atomic mass is 16.3. The number of nitrogens with one attached hydrogen (secondary N) is 1. The number of hydrogen-bond donors (Lipinski definition) is 2. The van der Waals surface area contributed by atoms with E-state index in [0.29, 0.717) is 5.75 Å². The molecule has 1 aromatic carbocycles. The van der Waals surface area contributed by atoms with E-state index in [-0.39, 0.29) is 11.0 Å². The molecule has 0 radical (unpaired) electrons. The van der Waals surface area contributed by atoms with Crippen LogP contribution in [-0.4, -0.2) is 11.7 Å². The first-order chi connectivity index (χ1) is 8.93. The molecule has 1 aromatic rings. The number of phenolic OH excluding ortho intramolecular Hbond substituents is 1. The van der Waals surface area contributed by atoms with Gasteiger partial charge in [0.05, 0.1) is 0 Å². The molecule has 2 nitrogen and oxygen atoms in total. The van der Waals surface area contributed by atoms with Crippen LogP contribution in [0.5, 0.6) is 5.75 Å². The Hall–Kier alpha value is -1.02. The zero-order valence-corrected chi connectivity index (χ0v) is 12.5. The van der Waals surface area contributed by atoms with Crippen LogP contribution in [0.1, 0.15) is 58.4 Å². The number of phenols is 1. The van der Waals surface area contributed by atoms with Crippen molar-refractivity contribution in [1.82, 2.24) is 5.32 Å². The van der Waals surface area contributed by atoms with Gasteiger partial charge in [-0.25, -0.2) is 0 Å². The first kappa shape index (κ1) is 14.4. The van der Waals surface area contributed by atoms with Gasteiger partial charge in [0.25, 0.3) is 0 Å². The van der Waals surface area contributed by atoms with Gasteiger partial charge < -0.3 is 10.4 Å². The average Bonchev–Trinajstić information content (AvgIpc) is 2.54. The molecule has 0 bridgehead atoms. The predicted molar refractivity (Wildman–Crippen MR) is 80.3 cm³/mol. The average molecular weight is 261 g/mol. The quantitative estimate of drug-likeness (QED) is 0.836. The predicted octanol–water partition coefficient (Wildman–Crippen LogP) is 4.19. The topological polar surface area (TPSA) is 32.3 Å². The summed E-state index contributed by atoms with van der Waals surface area (Å²) in [6, 6.07) is 7.83. The maximum absolute atomic E-state index is 10.3. The number of rotatable bonds is 2. The lowest BCUT2D eigenvalue weighted by Gasteiger charge is -2.40. The van der Waals surface area contributed by atoms with E-state index in [0.717, 1.165) is 24.9 Å². The van der Waals surface area contributed by atoms with Crippen molar-refractivity contribution in [1.29, 1.82) is 0 Å². The molecule has 0 amide bonds. The van der Waals surface area contributed by atoms with Gasteiger partial charge in [-0.1, -0.05) is 51.8 Å². The minimum Gasteiger partial charge on any atom is -0.508 e. The summed E-state index contributed by atoms with van der Waals surface area (Å²) < 4.78 is 0. The van der Waals surface area contributed by atoms with Crippen LogP contribution in [0.2, 0.25) is 0 Å². The van der Waals surface area contributed by atoms with Crippen molar-refractivity contribution in [2.75, 3.05) is 6.54 Å². The molecule has 1 heterocycles. The van der Waals surface area contributed by atoms with Gasteiger partial charge >= 0.3 is 0 Å². The fourth-order valence-electron chi connectivity index (χ4n) is 3.40. The molecule has 1 unspecified atom stereocenters. The summed E-state index contributed by atoms with van der Waals surface area (Å²) in [5.41, 5.74) is 1.24. The van der Waals surface area contributed by atoms with Gasteiger partial charge in [0.2, 0.25) is 0 Å². The number of hydrogen-bond acceptors (Lipinski definition) is 2. The molecule has 0 aliphatic carbocycles. The Kier molecular flexibility index (Phi) is 4.19. The van der Waals surface area contributed by atoms with E-state index < -0.39 is 0 Å². The fraction of sp³-hybridized carbons (Fsp3) is 0.647. The van der Waals surface area contributed by atoms with E-state index in [9.17, 15) is 5.11 Å². The standard InChI is InChI=1S/C17H27NO/c1-16(2,3)13-17(11-7-4-8-12-18-17)14-9-5-6-10-15(14)19/h5-6,9-10,18-19H,4,7-8,11-13H2,1-3H3. The lowest BCUT2D eigenvalue weighted by Crippen LogP contribution is -2.44. The minimum atomic E-state index is -0.0694. The molecule has 2 heteroatoms. The van der Waals surface area contributed by atoms with Gasteiger partial charge in [-0.15, -0.1) is 0 Å². The SMILES string of the molecule is CC(C)(C)CC1(c2ccccc2O)CCCCCN1. The molecule has 106 valence electrons. The highest BCUT2D eigenvalue weighted by Crippen LogP contribution is 2.42. The second kappa shape index (κ2) is 5.54. The zero-order chi connectivity index (χ0) is 13.9. The molecule has 2 N–H and O–H groups in total. The molecule has 0 saturated carbocycles. The maximum atomic E-state index is 10.3. The summed E-state index contributed by atoms with van der Waals surface area (Å²) in [6.07, 6.45) is 5.92. The second-order valence-corrected chi connectivity index (χ2v) is 7.07. The van der Waals surface area contributed by atoms with Crippen LogP contribution in [0, 0.1) is 5.41 Å². The third kappa shape index (κ3) is 3.50. The van der Waals surface area contributed by atoms with Crippen LogP contribution in [0.15, 0.2) is 24.3 Å². The highest BCUT2D eigenvalue weighted by molar-refractivity contribution is 5.38. The number of aromatic hydroxyl groups is 1. The summed E-state index contributed by atoms with van der Waals surface area (Å²) in [4.78, 5) is 0. The Morgan fingerprint density at radius 1 is 1.16 bits per heavy atom. The second-order valence-electron chi connectivity index (χ2n) is 7.07. The Bertz CT molecular complexity index is 412. The van der Waals surface area contributed by atoms with E-state index in [1.54, 1.807) is 0 Å². The number of para-hydroxylation sites is 1. The Balaban J connectivity index is 2.41. The van der Waals surface area contributed by atoms with Gasteiger partial charge in [0.1, 0.15) is 5.75 Å². The van der Waals surface area contributed by atoms with Crippen LogP contribution in [0.4, 0.5) is 0 Å². The van der Waals surface area contributed by atoms with Crippen molar-refractivity contribution in [3.63, 3.8) is 0 Å². The van der Waals surface area contributed by atoms with Crippen LogP contribution in [0.25, 0.3) is 0 Å². The van der Waals surface area contributed by atoms with E-state index >= 15 is 0 Å². The summed E-state index contributed by atoms with van der Waals surface area (Å²) >= 11 is 0. The summed E-state index contributed by atoms with van der Waals surface area (Å²) in [5.74, 6) is 0.432. The molecule has 1 atom stereocenters. The lowest BCUT2D eigenvalue weighted by atomic mass is 9.73. The minimum absolute atomic E-state index is 0.0694. The van der Waals surface area contributed by atoms with Crippen LogP contribution in [0.3, 0.4) is 0 Å². The maximum Gasteiger partial charge on any atom is 0.120 e. The van der Waals surface area contributed by atoms with Gasteiger partial charge in [-0.2, -0.15) is 0 Å². The van der Waals surface area contributed by atoms with Gasteiger partial charge in [0, 0.05) is 11.1 Å². The first-order valence-corrected chi connectivity index (χ1v) is 7.47. The van der Waals surface area contributed by atoms with Crippen molar-refractivity contribution in [3.8, 4) is 5.75 Å². The van der Waals surface area contributed by atoms with Gasteiger partial charge in [-0.05, 0) is 37.3 Å². The normalized spacial score (nSPS) is 25.0. The molecule has 1 aliphatic heterocycles.